The summed E-state index contributed by atoms with van der Waals surface area (Å²) in [6, 6.07) is -0.262. The van der Waals surface area contributed by atoms with Gasteiger partial charge in [-0.05, 0) is 25.7 Å². The Morgan fingerprint density at radius 2 is 1.78 bits per heavy atom. The van der Waals surface area contributed by atoms with Crippen LogP contribution in [0.2, 0.25) is 0 Å². The molecular weight excluding hydrogens is 232 g/mol. The second kappa shape index (κ2) is 7.95. The Morgan fingerprint density at radius 3 is 2.17 bits per heavy atom. The Labute approximate surface area is 110 Å². The van der Waals surface area contributed by atoms with Gasteiger partial charge < -0.3 is 14.9 Å². The number of carbonyl (C=O) groups excluding carboxylic acids is 1. The zero-order valence-corrected chi connectivity index (χ0v) is 12.1. The van der Waals surface area contributed by atoms with Gasteiger partial charge in [-0.15, -0.1) is 0 Å². The largest absolute Gasteiger partial charge is 0.480 e. The number of amides is 2. The van der Waals surface area contributed by atoms with E-state index in [9.17, 15) is 9.59 Å². The second-order valence-corrected chi connectivity index (χ2v) is 5.17. The van der Waals surface area contributed by atoms with Gasteiger partial charge in [-0.3, -0.25) is 4.79 Å². The summed E-state index contributed by atoms with van der Waals surface area (Å²) < 4.78 is 0. The Morgan fingerprint density at radius 1 is 1.22 bits per heavy atom. The molecule has 0 aliphatic carbocycles. The fourth-order valence-electron chi connectivity index (χ4n) is 1.54. The molecule has 0 rings (SSSR count). The standard InChI is InChI=1S/C13H26N2O3/c1-6-11(4)15(9-12(16)17)13(18)14(5)8-7-10(2)3/h10-11H,6-9H2,1-5H3,(H,16,17). The predicted octanol–water partition coefficient (Wildman–Crippen LogP) is 2.27. The first-order chi connectivity index (χ1) is 8.29. The van der Waals surface area contributed by atoms with Crippen LogP contribution in [0.1, 0.15) is 40.5 Å². The summed E-state index contributed by atoms with van der Waals surface area (Å²) in [5, 5.41) is 8.86. The fourth-order valence-corrected chi connectivity index (χ4v) is 1.54. The molecule has 0 saturated heterocycles. The molecule has 0 aliphatic rings. The number of hydrogen-bond acceptors (Lipinski definition) is 2. The van der Waals surface area contributed by atoms with Gasteiger partial charge in [0.15, 0.2) is 0 Å². The molecule has 1 atom stereocenters. The van der Waals surface area contributed by atoms with Gasteiger partial charge in [0.1, 0.15) is 6.54 Å². The van der Waals surface area contributed by atoms with Crippen LogP contribution in [0.5, 0.6) is 0 Å². The molecule has 18 heavy (non-hydrogen) atoms. The molecular formula is C13H26N2O3. The third-order valence-electron chi connectivity index (χ3n) is 3.04. The molecule has 2 amide bonds. The quantitative estimate of drug-likeness (QED) is 0.762. The highest BCUT2D eigenvalue weighted by Gasteiger charge is 2.24. The molecule has 5 nitrogen and oxygen atoms in total. The van der Waals surface area contributed by atoms with Crippen molar-refractivity contribution in [2.24, 2.45) is 5.92 Å². The Hall–Kier alpha value is -1.26. The highest BCUT2D eigenvalue weighted by Crippen LogP contribution is 2.09. The van der Waals surface area contributed by atoms with E-state index in [1.54, 1.807) is 11.9 Å². The summed E-state index contributed by atoms with van der Waals surface area (Å²) in [5.74, 6) is -0.447. The maximum atomic E-state index is 12.2. The van der Waals surface area contributed by atoms with Gasteiger partial charge in [-0.25, -0.2) is 4.79 Å². The van der Waals surface area contributed by atoms with Crippen molar-refractivity contribution in [3.63, 3.8) is 0 Å². The molecule has 0 heterocycles. The smallest absolute Gasteiger partial charge is 0.323 e. The molecule has 0 fully saturated rings. The lowest BCUT2D eigenvalue weighted by Crippen LogP contribution is -2.48. The van der Waals surface area contributed by atoms with E-state index < -0.39 is 5.97 Å². The zero-order chi connectivity index (χ0) is 14.3. The molecule has 1 unspecified atom stereocenters. The summed E-state index contributed by atoms with van der Waals surface area (Å²) in [4.78, 5) is 26.0. The lowest BCUT2D eigenvalue weighted by molar-refractivity contribution is -0.138. The average Bonchev–Trinajstić information content (AvgIpc) is 2.30. The van der Waals surface area contributed by atoms with Crippen LogP contribution in [0.4, 0.5) is 4.79 Å². The number of aliphatic carboxylic acids is 1. The number of hydrogen-bond donors (Lipinski definition) is 1. The third kappa shape index (κ3) is 5.89. The van der Waals surface area contributed by atoms with Gasteiger partial charge in [0.2, 0.25) is 0 Å². The average molecular weight is 258 g/mol. The van der Waals surface area contributed by atoms with Crippen molar-refractivity contribution in [3.8, 4) is 0 Å². The summed E-state index contributed by atoms with van der Waals surface area (Å²) in [6.07, 6.45) is 1.67. The van der Waals surface area contributed by atoms with Crippen LogP contribution in [-0.4, -0.2) is 53.1 Å². The van der Waals surface area contributed by atoms with E-state index in [1.807, 2.05) is 13.8 Å². The molecule has 0 bridgehead atoms. The molecule has 0 aromatic carbocycles. The molecule has 1 N–H and O–H groups in total. The summed E-state index contributed by atoms with van der Waals surface area (Å²) in [7, 11) is 1.72. The van der Waals surface area contributed by atoms with E-state index in [-0.39, 0.29) is 18.6 Å². The molecule has 0 spiro atoms. The van der Waals surface area contributed by atoms with Gasteiger partial charge >= 0.3 is 12.0 Å². The fraction of sp³-hybridized carbons (Fsp3) is 0.846. The van der Waals surface area contributed by atoms with Gasteiger partial charge in [0.05, 0.1) is 0 Å². The van der Waals surface area contributed by atoms with Crippen LogP contribution in [0.25, 0.3) is 0 Å². The van der Waals surface area contributed by atoms with Crippen LogP contribution in [0.15, 0.2) is 0 Å². The molecule has 0 radical (unpaired) electrons. The Balaban J connectivity index is 4.58. The van der Waals surface area contributed by atoms with Crippen molar-refractivity contribution in [3.05, 3.63) is 0 Å². The number of carboxylic acids is 1. The first-order valence-corrected chi connectivity index (χ1v) is 6.53. The van der Waals surface area contributed by atoms with Crippen LogP contribution in [0.3, 0.4) is 0 Å². The molecule has 0 aromatic rings. The lowest BCUT2D eigenvalue weighted by Gasteiger charge is -2.31. The zero-order valence-electron chi connectivity index (χ0n) is 12.1. The van der Waals surface area contributed by atoms with Crippen molar-refractivity contribution in [2.75, 3.05) is 20.1 Å². The number of carboxylic acid groups (broad SMARTS) is 1. The lowest BCUT2D eigenvalue weighted by atomic mass is 10.1. The monoisotopic (exact) mass is 258 g/mol. The van der Waals surface area contributed by atoms with E-state index in [4.69, 9.17) is 5.11 Å². The SMILES string of the molecule is CCC(C)N(CC(=O)O)C(=O)N(C)CCC(C)C. The summed E-state index contributed by atoms with van der Waals surface area (Å²) in [6.45, 7) is 8.44. The van der Waals surface area contributed by atoms with Crippen molar-refractivity contribution in [1.82, 2.24) is 9.80 Å². The molecule has 0 aliphatic heterocycles. The number of nitrogens with zero attached hydrogens (tertiary/aromatic N) is 2. The predicted molar refractivity (Wildman–Crippen MR) is 71.6 cm³/mol. The van der Waals surface area contributed by atoms with E-state index in [0.29, 0.717) is 12.5 Å². The highest BCUT2D eigenvalue weighted by atomic mass is 16.4. The van der Waals surface area contributed by atoms with Gasteiger partial charge in [0.25, 0.3) is 0 Å². The van der Waals surface area contributed by atoms with E-state index in [1.165, 1.54) is 4.90 Å². The first kappa shape index (κ1) is 16.7. The maximum absolute atomic E-state index is 12.2. The van der Waals surface area contributed by atoms with Crippen LogP contribution >= 0.6 is 0 Å². The number of urea groups is 1. The topological polar surface area (TPSA) is 60.9 Å². The second-order valence-electron chi connectivity index (χ2n) is 5.17. The Kier molecular flexibility index (Phi) is 7.39. The van der Waals surface area contributed by atoms with Gasteiger partial charge in [-0.1, -0.05) is 20.8 Å². The normalized spacial score (nSPS) is 12.3. The van der Waals surface area contributed by atoms with Crippen molar-refractivity contribution >= 4 is 12.0 Å². The van der Waals surface area contributed by atoms with Gasteiger partial charge in [0, 0.05) is 19.6 Å². The Bertz CT molecular complexity index is 279. The van der Waals surface area contributed by atoms with Crippen LogP contribution in [-0.2, 0) is 4.79 Å². The number of rotatable bonds is 7. The minimum Gasteiger partial charge on any atom is -0.480 e. The van der Waals surface area contributed by atoms with Gasteiger partial charge in [-0.2, -0.15) is 0 Å². The van der Waals surface area contributed by atoms with Crippen LogP contribution < -0.4 is 0 Å². The van der Waals surface area contributed by atoms with Crippen molar-refractivity contribution in [1.29, 1.82) is 0 Å². The molecule has 106 valence electrons. The minimum atomic E-state index is -0.971. The first-order valence-electron chi connectivity index (χ1n) is 6.53. The van der Waals surface area contributed by atoms with E-state index in [0.717, 1.165) is 12.8 Å². The van der Waals surface area contributed by atoms with E-state index in [2.05, 4.69) is 13.8 Å². The van der Waals surface area contributed by atoms with E-state index >= 15 is 0 Å². The molecule has 5 heteroatoms. The number of carbonyl (C=O) groups is 2. The minimum absolute atomic E-state index is 0.0601. The molecule has 0 saturated carbocycles. The summed E-state index contributed by atoms with van der Waals surface area (Å²) >= 11 is 0. The highest BCUT2D eigenvalue weighted by molar-refractivity contribution is 5.80. The maximum Gasteiger partial charge on any atom is 0.323 e. The molecule has 0 aromatic heterocycles. The van der Waals surface area contributed by atoms with Crippen molar-refractivity contribution < 1.29 is 14.7 Å². The van der Waals surface area contributed by atoms with Crippen LogP contribution in [0, 0.1) is 5.92 Å². The van der Waals surface area contributed by atoms with Crippen molar-refractivity contribution in [2.45, 2.75) is 46.6 Å². The summed E-state index contributed by atoms with van der Waals surface area (Å²) in [5.41, 5.74) is 0. The third-order valence-corrected chi connectivity index (χ3v) is 3.04.